The second-order valence-corrected chi connectivity index (χ2v) is 5.24. The number of rotatable bonds is 4. The third-order valence-electron chi connectivity index (χ3n) is 3.64. The predicted molar refractivity (Wildman–Crippen MR) is 77.9 cm³/mol. The molecule has 1 aliphatic rings. The van der Waals surface area contributed by atoms with Crippen LogP contribution in [0.3, 0.4) is 0 Å². The minimum absolute atomic E-state index is 0.0242. The Morgan fingerprint density at radius 3 is 2.77 bits per heavy atom. The third kappa shape index (κ3) is 3.00. The minimum atomic E-state index is -0.336. The molecule has 1 aromatic heterocycles. The van der Waals surface area contributed by atoms with Gasteiger partial charge in [-0.2, -0.15) is 0 Å². The molecule has 114 valence electrons. The van der Waals surface area contributed by atoms with Gasteiger partial charge in [0.15, 0.2) is 5.76 Å². The molecule has 6 heteroatoms. The molecule has 0 bridgehead atoms. The number of furan rings is 1. The number of carbonyl (C=O) groups excluding carboxylic acids is 2. The van der Waals surface area contributed by atoms with Crippen LogP contribution in [0.4, 0.5) is 10.1 Å². The maximum atomic E-state index is 12.9. The summed E-state index contributed by atoms with van der Waals surface area (Å²) in [6.07, 6.45) is 1.79. The Morgan fingerprint density at radius 1 is 1.32 bits per heavy atom. The largest absolute Gasteiger partial charge is 0.459 e. The van der Waals surface area contributed by atoms with Crippen LogP contribution in [0.2, 0.25) is 0 Å². The second kappa shape index (κ2) is 6.01. The van der Waals surface area contributed by atoms with Gasteiger partial charge >= 0.3 is 0 Å². The molecule has 1 atom stereocenters. The first-order valence-electron chi connectivity index (χ1n) is 7.01. The Labute approximate surface area is 126 Å². The van der Waals surface area contributed by atoms with Crippen molar-refractivity contribution in [1.82, 2.24) is 5.32 Å². The summed E-state index contributed by atoms with van der Waals surface area (Å²) in [6.45, 7) is 0.895. The van der Waals surface area contributed by atoms with E-state index in [4.69, 9.17) is 4.42 Å². The average Bonchev–Trinajstić information content (AvgIpc) is 3.15. The molecule has 2 amide bonds. The molecule has 1 N–H and O–H groups in total. The van der Waals surface area contributed by atoms with Gasteiger partial charge in [-0.25, -0.2) is 4.39 Å². The third-order valence-corrected chi connectivity index (χ3v) is 3.64. The lowest BCUT2D eigenvalue weighted by Gasteiger charge is -2.16. The number of hydrogen-bond donors (Lipinski definition) is 1. The quantitative estimate of drug-likeness (QED) is 0.942. The van der Waals surface area contributed by atoms with Crippen LogP contribution >= 0.6 is 0 Å². The number of nitrogens with zero attached hydrogens (tertiary/aromatic N) is 1. The van der Waals surface area contributed by atoms with E-state index in [0.717, 1.165) is 0 Å². The fourth-order valence-corrected chi connectivity index (χ4v) is 2.52. The molecule has 0 spiro atoms. The molecule has 0 aliphatic carbocycles. The number of amides is 2. The highest BCUT2D eigenvalue weighted by Gasteiger charge is 2.30. The molecule has 1 aliphatic heterocycles. The van der Waals surface area contributed by atoms with Crippen LogP contribution in [-0.4, -0.2) is 24.9 Å². The molecular formula is C16H15FN2O3. The van der Waals surface area contributed by atoms with Crippen LogP contribution in [0.25, 0.3) is 0 Å². The van der Waals surface area contributed by atoms with Crippen LogP contribution < -0.4 is 10.2 Å². The molecule has 3 rings (SSSR count). The minimum Gasteiger partial charge on any atom is -0.459 e. The van der Waals surface area contributed by atoms with Crippen LogP contribution in [-0.2, 0) is 4.79 Å². The van der Waals surface area contributed by atoms with E-state index in [0.29, 0.717) is 25.2 Å². The van der Waals surface area contributed by atoms with Gasteiger partial charge in [-0.15, -0.1) is 0 Å². The molecule has 1 aromatic carbocycles. The van der Waals surface area contributed by atoms with Crippen LogP contribution in [0, 0.1) is 11.7 Å². The van der Waals surface area contributed by atoms with Gasteiger partial charge < -0.3 is 14.6 Å². The van der Waals surface area contributed by atoms with Gasteiger partial charge in [-0.1, -0.05) is 0 Å². The van der Waals surface area contributed by atoms with Crippen molar-refractivity contribution in [2.45, 2.75) is 6.42 Å². The Hall–Kier alpha value is -2.63. The summed E-state index contributed by atoms with van der Waals surface area (Å²) in [5.41, 5.74) is 0.672. The van der Waals surface area contributed by atoms with Crippen molar-refractivity contribution < 1.29 is 18.4 Å². The average molecular weight is 302 g/mol. The molecule has 5 nitrogen and oxygen atoms in total. The smallest absolute Gasteiger partial charge is 0.286 e. The maximum Gasteiger partial charge on any atom is 0.286 e. The van der Waals surface area contributed by atoms with E-state index in [2.05, 4.69) is 5.32 Å². The summed E-state index contributed by atoms with van der Waals surface area (Å²) in [5.74, 6) is -0.379. The van der Waals surface area contributed by atoms with Crippen molar-refractivity contribution in [1.29, 1.82) is 0 Å². The summed E-state index contributed by atoms with van der Waals surface area (Å²) in [7, 11) is 0. The zero-order valence-corrected chi connectivity index (χ0v) is 11.8. The number of halogens is 1. The highest BCUT2D eigenvalue weighted by molar-refractivity contribution is 5.96. The van der Waals surface area contributed by atoms with E-state index in [1.807, 2.05) is 0 Å². The standard InChI is InChI=1S/C16H15FN2O3/c17-12-3-5-13(6-4-12)19-10-11(8-15(19)20)9-18-16(21)14-2-1-7-22-14/h1-7,11H,8-10H2,(H,18,21). The predicted octanol–water partition coefficient (Wildman–Crippen LogP) is 2.20. The van der Waals surface area contributed by atoms with Crippen molar-refractivity contribution in [3.63, 3.8) is 0 Å². The number of carbonyl (C=O) groups is 2. The zero-order chi connectivity index (χ0) is 15.5. The van der Waals surface area contributed by atoms with Crippen LogP contribution in [0.5, 0.6) is 0 Å². The summed E-state index contributed by atoms with van der Waals surface area (Å²) in [6, 6.07) is 9.04. The fourth-order valence-electron chi connectivity index (χ4n) is 2.52. The fraction of sp³-hybridized carbons (Fsp3) is 0.250. The summed E-state index contributed by atoms with van der Waals surface area (Å²) in [5, 5.41) is 2.76. The Morgan fingerprint density at radius 2 is 2.09 bits per heavy atom. The summed E-state index contributed by atoms with van der Waals surface area (Å²) in [4.78, 5) is 25.4. The normalized spacial score (nSPS) is 17.8. The molecule has 1 fully saturated rings. The van der Waals surface area contributed by atoms with Gasteiger partial charge in [0.25, 0.3) is 5.91 Å². The lowest BCUT2D eigenvalue weighted by Crippen LogP contribution is -2.31. The van der Waals surface area contributed by atoms with Gasteiger partial charge in [-0.05, 0) is 36.4 Å². The molecule has 1 saturated heterocycles. The van der Waals surface area contributed by atoms with Gasteiger partial charge in [-0.3, -0.25) is 9.59 Å². The molecule has 1 unspecified atom stereocenters. The van der Waals surface area contributed by atoms with Crippen molar-refractivity contribution in [2.24, 2.45) is 5.92 Å². The van der Waals surface area contributed by atoms with Crippen molar-refractivity contribution in [2.75, 3.05) is 18.0 Å². The van der Waals surface area contributed by atoms with Gasteiger partial charge in [0.05, 0.1) is 6.26 Å². The van der Waals surface area contributed by atoms with E-state index in [1.54, 1.807) is 29.2 Å². The van der Waals surface area contributed by atoms with E-state index in [1.165, 1.54) is 18.4 Å². The van der Waals surface area contributed by atoms with Gasteiger partial charge in [0.1, 0.15) is 5.82 Å². The molecule has 0 saturated carbocycles. The number of nitrogens with one attached hydrogen (secondary N) is 1. The van der Waals surface area contributed by atoms with E-state index >= 15 is 0 Å². The van der Waals surface area contributed by atoms with Crippen molar-refractivity contribution >= 4 is 17.5 Å². The topological polar surface area (TPSA) is 62.6 Å². The monoisotopic (exact) mass is 302 g/mol. The van der Waals surface area contributed by atoms with Crippen LogP contribution in [0.15, 0.2) is 47.1 Å². The Bertz CT molecular complexity index is 667. The maximum absolute atomic E-state index is 12.9. The van der Waals surface area contributed by atoms with Gasteiger partial charge in [0.2, 0.25) is 5.91 Å². The zero-order valence-electron chi connectivity index (χ0n) is 11.8. The van der Waals surface area contributed by atoms with E-state index in [-0.39, 0.29) is 29.3 Å². The Kier molecular flexibility index (Phi) is 3.91. The molecule has 0 radical (unpaired) electrons. The highest BCUT2D eigenvalue weighted by atomic mass is 19.1. The first-order valence-corrected chi connectivity index (χ1v) is 7.01. The number of hydrogen-bond acceptors (Lipinski definition) is 3. The van der Waals surface area contributed by atoms with Gasteiger partial charge in [0, 0.05) is 31.1 Å². The molecule has 2 heterocycles. The first kappa shape index (κ1) is 14.3. The summed E-state index contributed by atoms with van der Waals surface area (Å²) >= 11 is 0. The molecule has 22 heavy (non-hydrogen) atoms. The van der Waals surface area contributed by atoms with E-state index < -0.39 is 0 Å². The lowest BCUT2D eigenvalue weighted by atomic mass is 10.1. The second-order valence-electron chi connectivity index (χ2n) is 5.24. The molecular weight excluding hydrogens is 287 g/mol. The van der Waals surface area contributed by atoms with E-state index in [9.17, 15) is 14.0 Å². The van der Waals surface area contributed by atoms with Crippen molar-refractivity contribution in [3.8, 4) is 0 Å². The molecule has 2 aromatic rings. The number of benzene rings is 1. The lowest BCUT2D eigenvalue weighted by molar-refractivity contribution is -0.117. The van der Waals surface area contributed by atoms with Crippen LogP contribution in [0.1, 0.15) is 17.0 Å². The SMILES string of the molecule is O=C(NCC1CC(=O)N(c2ccc(F)cc2)C1)c1ccco1. The number of anilines is 1. The summed E-state index contributed by atoms with van der Waals surface area (Å²) < 4.78 is 17.9. The highest BCUT2D eigenvalue weighted by Crippen LogP contribution is 2.24. The first-order chi connectivity index (χ1) is 10.6. The Balaban J connectivity index is 1.58. The van der Waals surface area contributed by atoms with Crippen molar-refractivity contribution in [3.05, 3.63) is 54.2 Å².